The van der Waals surface area contributed by atoms with Gasteiger partial charge < -0.3 is 15.5 Å². The van der Waals surface area contributed by atoms with Crippen LogP contribution >= 0.6 is 0 Å². The minimum atomic E-state index is -0.119. The van der Waals surface area contributed by atoms with Crippen molar-refractivity contribution in [2.45, 2.75) is 51.7 Å². The van der Waals surface area contributed by atoms with Crippen LogP contribution in [0.3, 0.4) is 0 Å². The van der Waals surface area contributed by atoms with E-state index >= 15 is 0 Å². The van der Waals surface area contributed by atoms with Gasteiger partial charge in [-0.2, -0.15) is 0 Å². The third kappa shape index (κ3) is 6.72. The fourth-order valence-electron chi connectivity index (χ4n) is 3.50. The Hall–Kier alpha value is -2.33. The maximum absolute atomic E-state index is 12.4. The van der Waals surface area contributed by atoms with E-state index in [0.717, 1.165) is 18.5 Å². The Labute approximate surface area is 164 Å². The van der Waals surface area contributed by atoms with Gasteiger partial charge in [0, 0.05) is 19.1 Å². The minimum absolute atomic E-state index is 0.00622. The van der Waals surface area contributed by atoms with E-state index in [4.69, 9.17) is 0 Å². The van der Waals surface area contributed by atoms with Gasteiger partial charge in [-0.25, -0.2) is 4.79 Å². The lowest BCUT2D eigenvalue weighted by Gasteiger charge is -2.29. The van der Waals surface area contributed by atoms with Gasteiger partial charge in [0.1, 0.15) is 0 Å². The average Bonchev–Trinajstić information content (AvgIpc) is 2.60. The van der Waals surface area contributed by atoms with Crippen LogP contribution in [0, 0.1) is 0 Å². The monoisotopic (exact) mass is 367 g/mol. The SMILES string of the molecule is C[C@H](CC(C)(C)c1ccccc1)NC(=O)NCc1ccccc1CN(C)C. The van der Waals surface area contributed by atoms with Gasteiger partial charge in [0.15, 0.2) is 0 Å². The standard InChI is InChI=1S/C23H33N3O/c1-18(15-23(2,3)21-13-7-6-8-14-21)25-22(27)24-16-19-11-9-10-12-20(19)17-26(4)5/h6-14,18H,15-17H2,1-5H3,(H2,24,25,27)/t18-/m1/s1. The highest BCUT2D eigenvalue weighted by Gasteiger charge is 2.23. The number of rotatable bonds is 8. The number of amides is 2. The third-order valence-corrected chi connectivity index (χ3v) is 4.79. The van der Waals surface area contributed by atoms with E-state index in [1.165, 1.54) is 11.1 Å². The molecule has 0 bridgehead atoms. The fraction of sp³-hybridized carbons (Fsp3) is 0.435. The molecule has 146 valence electrons. The number of hydrogen-bond acceptors (Lipinski definition) is 2. The Kier molecular flexibility index (Phi) is 7.43. The average molecular weight is 368 g/mol. The van der Waals surface area contributed by atoms with Gasteiger partial charge in [-0.3, -0.25) is 0 Å². The fourth-order valence-corrected chi connectivity index (χ4v) is 3.50. The smallest absolute Gasteiger partial charge is 0.315 e. The van der Waals surface area contributed by atoms with E-state index in [9.17, 15) is 4.79 Å². The molecule has 0 heterocycles. The van der Waals surface area contributed by atoms with Crippen molar-refractivity contribution < 1.29 is 4.79 Å². The molecule has 0 fully saturated rings. The van der Waals surface area contributed by atoms with Gasteiger partial charge >= 0.3 is 6.03 Å². The number of carbonyl (C=O) groups excluding carboxylic acids is 1. The second kappa shape index (κ2) is 9.56. The molecule has 0 radical (unpaired) electrons. The summed E-state index contributed by atoms with van der Waals surface area (Å²) in [7, 11) is 4.10. The maximum atomic E-state index is 12.4. The molecule has 2 N–H and O–H groups in total. The Balaban J connectivity index is 1.87. The van der Waals surface area contributed by atoms with Crippen molar-refractivity contribution in [2.75, 3.05) is 14.1 Å². The molecule has 4 heteroatoms. The first-order valence-corrected chi connectivity index (χ1v) is 9.59. The highest BCUT2D eigenvalue weighted by Crippen LogP contribution is 2.28. The zero-order valence-corrected chi connectivity index (χ0v) is 17.3. The molecule has 0 saturated heterocycles. The van der Waals surface area contributed by atoms with Gasteiger partial charge in [0.2, 0.25) is 0 Å². The van der Waals surface area contributed by atoms with E-state index < -0.39 is 0 Å². The lowest BCUT2D eigenvalue weighted by atomic mass is 9.79. The molecule has 0 aliphatic carbocycles. The normalized spacial score (nSPS) is 12.7. The quantitative estimate of drug-likeness (QED) is 0.730. The van der Waals surface area contributed by atoms with Gasteiger partial charge in [-0.05, 0) is 49.5 Å². The molecule has 0 unspecified atom stereocenters. The van der Waals surface area contributed by atoms with E-state index in [2.05, 4.69) is 72.7 Å². The van der Waals surface area contributed by atoms with Gasteiger partial charge in [-0.1, -0.05) is 68.4 Å². The number of urea groups is 1. The van der Waals surface area contributed by atoms with Crippen molar-refractivity contribution in [3.8, 4) is 0 Å². The first-order chi connectivity index (χ1) is 12.8. The van der Waals surface area contributed by atoms with Gasteiger partial charge in [-0.15, -0.1) is 0 Å². The van der Waals surface area contributed by atoms with Crippen molar-refractivity contribution >= 4 is 6.03 Å². The molecule has 1 atom stereocenters. The number of benzene rings is 2. The maximum Gasteiger partial charge on any atom is 0.315 e. The summed E-state index contributed by atoms with van der Waals surface area (Å²) in [6, 6.07) is 18.6. The van der Waals surface area contributed by atoms with Crippen LogP contribution in [-0.2, 0) is 18.5 Å². The highest BCUT2D eigenvalue weighted by atomic mass is 16.2. The Morgan fingerprint density at radius 3 is 2.22 bits per heavy atom. The van der Waals surface area contributed by atoms with Crippen LogP contribution in [0.15, 0.2) is 54.6 Å². The molecule has 2 aromatic rings. The van der Waals surface area contributed by atoms with Crippen LogP contribution in [0.2, 0.25) is 0 Å². The first kappa shape index (κ1) is 21.0. The second-order valence-electron chi connectivity index (χ2n) is 8.19. The molecule has 0 spiro atoms. The Morgan fingerprint density at radius 2 is 1.59 bits per heavy atom. The van der Waals surface area contributed by atoms with Crippen molar-refractivity contribution in [2.24, 2.45) is 0 Å². The second-order valence-corrected chi connectivity index (χ2v) is 8.19. The molecule has 0 aromatic heterocycles. The van der Waals surface area contributed by atoms with E-state index in [1.807, 2.05) is 32.3 Å². The number of nitrogens with zero attached hydrogens (tertiary/aromatic N) is 1. The molecule has 2 aromatic carbocycles. The van der Waals surface area contributed by atoms with E-state index in [1.54, 1.807) is 0 Å². The largest absolute Gasteiger partial charge is 0.336 e. The summed E-state index contributed by atoms with van der Waals surface area (Å²) >= 11 is 0. The predicted octanol–water partition coefficient (Wildman–Crippen LogP) is 4.30. The van der Waals surface area contributed by atoms with E-state index in [-0.39, 0.29) is 17.5 Å². The molecule has 27 heavy (non-hydrogen) atoms. The summed E-state index contributed by atoms with van der Waals surface area (Å²) in [5.41, 5.74) is 3.68. The molecule has 0 aliphatic heterocycles. The van der Waals surface area contributed by atoms with E-state index in [0.29, 0.717) is 6.54 Å². The number of carbonyl (C=O) groups is 1. The third-order valence-electron chi connectivity index (χ3n) is 4.79. The van der Waals surface area contributed by atoms with Crippen LogP contribution < -0.4 is 10.6 Å². The molecule has 0 aliphatic rings. The zero-order valence-electron chi connectivity index (χ0n) is 17.3. The predicted molar refractivity (Wildman–Crippen MR) is 113 cm³/mol. The summed E-state index contributed by atoms with van der Waals surface area (Å²) < 4.78 is 0. The molecule has 2 rings (SSSR count). The summed E-state index contributed by atoms with van der Waals surface area (Å²) in [4.78, 5) is 14.5. The summed E-state index contributed by atoms with van der Waals surface area (Å²) in [6.45, 7) is 7.89. The molecule has 0 saturated carbocycles. The summed E-state index contributed by atoms with van der Waals surface area (Å²) in [6.07, 6.45) is 0.877. The molecule has 4 nitrogen and oxygen atoms in total. The zero-order chi connectivity index (χ0) is 19.9. The van der Waals surface area contributed by atoms with Crippen LogP contribution in [0.5, 0.6) is 0 Å². The minimum Gasteiger partial charge on any atom is -0.336 e. The first-order valence-electron chi connectivity index (χ1n) is 9.59. The van der Waals surface area contributed by atoms with Crippen LogP contribution in [0.1, 0.15) is 43.9 Å². The number of hydrogen-bond donors (Lipinski definition) is 2. The van der Waals surface area contributed by atoms with Crippen molar-refractivity contribution in [1.29, 1.82) is 0 Å². The lowest BCUT2D eigenvalue weighted by molar-refractivity contribution is 0.234. The van der Waals surface area contributed by atoms with Crippen molar-refractivity contribution in [3.05, 3.63) is 71.3 Å². The lowest BCUT2D eigenvalue weighted by Crippen LogP contribution is -2.42. The van der Waals surface area contributed by atoms with Gasteiger partial charge in [0.25, 0.3) is 0 Å². The highest BCUT2D eigenvalue weighted by molar-refractivity contribution is 5.74. The Morgan fingerprint density at radius 1 is 1.00 bits per heavy atom. The van der Waals surface area contributed by atoms with Crippen LogP contribution in [-0.4, -0.2) is 31.1 Å². The summed E-state index contributed by atoms with van der Waals surface area (Å²) in [5.74, 6) is 0. The van der Waals surface area contributed by atoms with Gasteiger partial charge in [0.05, 0.1) is 0 Å². The Bertz CT molecular complexity index is 725. The van der Waals surface area contributed by atoms with Crippen LogP contribution in [0.25, 0.3) is 0 Å². The topological polar surface area (TPSA) is 44.4 Å². The van der Waals surface area contributed by atoms with Crippen LogP contribution in [0.4, 0.5) is 4.79 Å². The summed E-state index contributed by atoms with van der Waals surface area (Å²) in [5, 5.41) is 6.08. The molecule has 2 amide bonds. The van der Waals surface area contributed by atoms with Crippen molar-refractivity contribution in [1.82, 2.24) is 15.5 Å². The molecular formula is C23H33N3O. The number of nitrogens with one attached hydrogen (secondary N) is 2. The molecular weight excluding hydrogens is 334 g/mol. The van der Waals surface area contributed by atoms with Crippen molar-refractivity contribution in [3.63, 3.8) is 0 Å².